The van der Waals surface area contributed by atoms with Crippen LogP contribution in [-0.2, 0) is 0 Å². The summed E-state index contributed by atoms with van der Waals surface area (Å²) < 4.78 is 0. The van der Waals surface area contributed by atoms with Crippen LogP contribution in [0, 0.1) is 0 Å². The highest BCUT2D eigenvalue weighted by atomic mass is 32.2. The summed E-state index contributed by atoms with van der Waals surface area (Å²) in [6.07, 6.45) is 3.88. The van der Waals surface area contributed by atoms with Gasteiger partial charge in [-0.3, -0.25) is 0 Å². The third-order valence-corrected chi connectivity index (χ3v) is 1.56. The third-order valence-electron chi connectivity index (χ3n) is 0.812. The fourth-order valence-electron chi connectivity index (χ4n) is 0.442. The van der Waals surface area contributed by atoms with Crippen molar-refractivity contribution < 1.29 is 5.11 Å². The molecule has 0 saturated carbocycles. The Labute approximate surface area is 54.8 Å². The van der Waals surface area contributed by atoms with E-state index in [1.165, 1.54) is 5.57 Å². The van der Waals surface area contributed by atoms with Gasteiger partial charge in [-0.2, -0.15) is 11.8 Å². The molecule has 0 aromatic carbocycles. The minimum absolute atomic E-state index is 0.173. The van der Waals surface area contributed by atoms with Gasteiger partial charge in [0.25, 0.3) is 0 Å². The van der Waals surface area contributed by atoms with Gasteiger partial charge in [0, 0.05) is 5.75 Å². The molecule has 0 rings (SSSR count). The standard InChI is InChI=1S/C6H12OS/c1-6(3-4-7)5-8-2/h3,7H,4-5H2,1-2H3/b6-3+. The van der Waals surface area contributed by atoms with Gasteiger partial charge in [0.05, 0.1) is 6.61 Å². The molecular formula is C6H12OS. The Bertz CT molecular complexity index is 78.6. The normalized spacial score (nSPS) is 12.1. The summed E-state index contributed by atoms with van der Waals surface area (Å²) in [5.41, 5.74) is 1.25. The van der Waals surface area contributed by atoms with E-state index in [1.54, 1.807) is 11.8 Å². The molecule has 0 heterocycles. The van der Waals surface area contributed by atoms with Gasteiger partial charge in [-0.15, -0.1) is 0 Å². The number of hydrogen-bond acceptors (Lipinski definition) is 2. The first kappa shape index (κ1) is 8.05. The molecule has 0 bridgehead atoms. The number of aliphatic hydroxyl groups excluding tert-OH is 1. The van der Waals surface area contributed by atoms with Crippen molar-refractivity contribution in [2.75, 3.05) is 18.6 Å². The van der Waals surface area contributed by atoms with Crippen LogP contribution in [0.4, 0.5) is 0 Å². The van der Waals surface area contributed by atoms with Crippen molar-refractivity contribution in [1.29, 1.82) is 0 Å². The Hall–Kier alpha value is 0.0500. The zero-order valence-electron chi connectivity index (χ0n) is 5.35. The van der Waals surface area contributed by atoms with Gasteiger partial charge < -0.3 is 5.11 Å². The van der Waals surface area contributed by atoms with Crippen LogP contribution in [0.2, 0.25) is 0 Å². The SMILES string of the molecule is CSC/C(C)=C/CO. The van der Waals surface area contributed by atoms with E-state index in [9.17, 15) is 0 Å². The Morgan fingerprint density at radius 1 is 1.75 bits per heavy atom. The van der Waals surface area contributed by atoms with Crippen LogP contribution in [-0.4, -0.2) is 23.7 Å². The Morgan fingerprint density at radius 3 is 2.75 bits per heavy atom. The summed E-state index contributed by atoms with van der Waals surface area (Å²) in [5, 5.41) is 8.38. The summed E-state index contributed by atoms with van der Waals surface area (Å²) in [5.74, 6) is 1.03. The lowest BCUT2D eigenvalue weighted by atomic mass is 10.3. The van der Waals surface area contributed by atoms with Crippen LogP contribution in [0.5, 0.6) is 0 Å². The first-order chi connectivity index (χ1) is 3.81. The van der Waals surface area contributed by atoms with Gasteiger partial charge in [0.1, 0.15) is 0 Å². The predicted octanol–water partition coefficient (Wildman–Crippen LogP) is 1.29. The number of rotatable bonds is 3. The molecule has 0 amide bonds. The van der Waals surface area contributed by atoms with Gasteiger partial charge in [-0.05, 0) is 13.2 Å². The quantitative estimate of drug-likeness (QED) is 0.584. The van der Waals surface area contributed by atoms with E-state index in [4.69, 9.17) is 5.11 Å². The summed E-state index contributed by atoms with van der Waals surface area (Å²) in [6, 6.07) is 0. The van der Waals surface area contributed by atoms with E-state index in [-0.39, 0.29) is 6.61 Å². The summed E-state index contributed by atoms with van der Waals surface area (Å²) in [7, 11) is 0. The molecule has 48 valence electrons. The van der Waals surface area contributed by atoms with Crippen LogP contribution in [0.15, 0.2) is 11.6 Å². The molecule has 0 atom stereocenters. The molecule has 8 heavy (non-hydrogen) atoms. The van der Waals surface area contributed by atoms with Gasteiger partial charge in [-0.25, -0.2) is 0 Å². The number of aliphatic hydroxyl groups is 1. The minimum Gasteiger partial charge on any atom is -0.392 e. The molecule has 0 aliphatic carbocycles. The Balaban J connectivity index is 3.29. The highest BCUT2D eigenvalue weighted by Crippen LogP contribution is 2.00. The maximum atomic E-state index is 8.38. The lowest BCUT2D eigenvalue weighted by Crippen LogP contribution is -1.82. The topological polar surface area (TPSA) is 20.2 Å². The lowest BCUT2D eigenvalue weighted by molar-refractivity contribution is 0.342. The fraction of sp³-hybridized carbons (Fsp3) is 0.667. The third kappa shape index (κ3) is 4.22. The van der Waals surface area contributed by atoms with E-state index < -0.39 is 0 Å². The van der Waals surface area contributed by atoms with Crippen molar-refractivity contribution >= 4 is 11.8 Å². The van der Waals surface area contributed by atoms with Crippen LogP contribution >= 0.6 is 11.8 Å². The van der Waals surface area contributed by atoms with E-state index in [1.807, 2.05) is 13.0 Å². The number of hydrogen-bond donors (Lipinski definition) is 1. The van der Waals surface area contributed by atoms with Gasteiger partial charge in [-0.1, -0.05) is 11.6 Å². The minimum atomic E-state index is 0.173. The van der Waals surface area contributed by atoms with Crippen LogP contribution in [0.3, 0.4) is 0 Å². The molecule has 0 aromatic rings. The molecule has 0 spiro atoms. The molecule has 2 heteroatoms. The first-order valence-electron chi connectivity index (χ1n) is 2.56. The monoisotopic (exact) mass is 132 g/mol. The van der Waals surface area contributed by atoms with E-state index >= 15 is 0 Å². The maximum Gasteiger partial charge on any atom is 0.0615 e. The highest BCUT2D eigenvalue weighted by molar-refractivity contribution is 7.98. The van der Waals surface area contributed by atoms with E-state index in [0.29, 0.717) is 0 Å². The van der Waals surface area contributed by atoms with Crippen molar-refractivity contribution in [3.63, 3.8) is 0 Å². The van der Waals surface area contributed by atoms with E-state index in [0.717, 1.165) is 5.75 Å². The maximum absolute atomic E-state index is 8.38. The molecule has 0 radical (unpaired) electrons. The van der Waals surface area contributed by atoms with Gasteiger partial charge >= 0.3 is 0 Å². The largest absolute Gasteiger partial charge is 0.392 e. The summed E-state index contributed by atoms with van der Waals surface area (Å²) in [6.45, 7) is 2.19. The summed E-state index contributed by atoms with van der Waals surface area (Å²) in [4.78, 5) is 0. The highest BCUT2D eigenvalue weighted by Gasteiger charge is 1.82. The smallest absolute Gasteiger partial charge is 0.0615 e. The van der Waals surface area contributed by atoms with Crippen molar-refractivity contribution in [3.8, 4) is 0 Å². The lowest BCUT2D eigenvalue weighted by Gasteiger charge is -1.92. The molecule has 1 nitrogen and oxygen atoms in total. The van der Waals surface area contributed by atoms with Gasteiger partial charge in [0.15, 0.2) is 0 Å². The second-order valence-electron chi connectivity index (χ2n) is 1.67. The first-order valence-corrected chi connectivity index (χ1v) is 3.96. The molecule has 0 unspecified atom stereocenters. The number of thioether (sulfide) groups is 1. The second kappa shape index (κ2) is 5.19. The fourth-order valence-corrected chi connectivity index (χ4v) is 1.02. The van der Waals surface area contributed by atoms with E-state index in [2.05, 4.69) is 6.26 Å². The molecule has 0 aliphatic heterocycles. The summed E-state index contributed by atoms with van der Waals surface area (Å²) >= 11 is 1.77. The van der Waals surface area contributed by atoms with Crippen LogP contribution < -0.4 is 0 Å². The zero-order chi connectivity index (χ0) is 6.41. The van der Waals surface area contributed by atoms with Crippen molar-refractivity contribution in [1.82, 2.24) is 0 Å². The van der Waals surface area contributed by atoms with Crippen molar-refractivity contribution in [2.45, 2.75) is 6.92 Å². The van der Waals surface area contributed by atoms with Crippen LogP contribution in [0.1, 0.15) is 6.92 Å². The molecule has 0 aromatic heterocycles. The predicted molar refractivity (Wildman–Crippen MR) is 39.2 cm³/mol. The Morgan fingerprint density at radius 2 is 2.38 bits per heavy atom. The zero-order valence-corrected chi connectivity index (χ0v) is 6.16. The average molecular weight is 132 g/mol. The second-order valence-corrected chi connectivity index (χ2v) is 2.53. The molecule has 1 N–H and O–H groups in total. The van der Waals surface area contributed by atoms with Gasteiger partial charge in [0.2, 0.25) is 0 Å². The van der Waals surface area contributed by atoms with Crippen molar-refractivity contribution in [3.05, 3.63) is 11.6 Å². The molecular weight excluding hydrogens is 120 g/mol. The molecule has 0 aliphatic rings. The molecule has 0 fully saturated rings. The molecule has 0 saturated heterocycles. The average Bonchev–Trinajstić information content (AvgIpc) is 1.68. The van der Waals surface area contributed by atoms with Crippen LogP contribution in [0.25, 0.3) is 0 Å². The van der Waals surface area contributed by atoms with Crippen molar-refractivity contribution in [2.24, 2.45) is 0 Å². The Kier molecular flexibility index (Phi) is 5.22.